The minimum Gasteiger partial charge on any atom is -0.422 e. The number of ether oxygens (including phenoxy) is 2. The minimum atomic E-state index is -0.148. The topological polar surface area (TPSA) is 52.6 Å². The molecule has 1 aromatic rings. The first-order valence-corrected chi connectivity index (χ1v) is 10.3. The van der Waals surface area contributed by atoms with Crippen molar-refractivity contribution in [3.05, 3.63) is 24.3 Å². The molecule has 0 aromatic heterocycles. The van der Waals surface area contributed by atoms with Gasteiger partial charge in [0.15, 0.2) is 11.5 Å². The minimum absolute atomic E-state index is 0.0487. The molecule has 0 N–H and O–H groups in total. The Hall–Kier alpha value is -1.84. The lowest BCUT2D eigenvalue weighted by atomic mass is 10.0. The SMILES string of the molecule is O=C(Oc1ccccc1OC(=O)C1[C@@H]2CCCC[C@@H]12)C1[C@H]2CCCC[C@H]12. The van der Waals surface area contributed by atoms with Crippen molar-refractivity contribution in [1.29, 1.82) is 0 Å². The largest absolute Gasteiger partial charge is 0.422 e. The van der Waals surface area contributed by atoms with Crippen LogP contribution in [-0.4, -0.2) is 11.9 Å². The van der Waals surface area contributed by atoms with Crippen LogP contribution in [0.15, 0.2) is 24.3 Å². The van der Waals surface area contributed by atoms with E-state index in [2.05, 4.69) is 0 Å². The number of hydrogen-bond donors (Lipinski definition) is 0. The average molecular weight is 354 g/mol. The van der Waals surface area contributed by atoms with Gasteiger partial charge >= 0.3 is 11.9 Å². The lowest BCUT2D eigenvalue weighted by molar-refractivity contribution is -0.139. The van der Waals surface area contributed by atoms with Gasteiger partial charge in [-0.3, -0.25) is 9.59 Å². The zero-order chi connectivity index (χ0) is 17.7. The van der Waals surface area contributed by atoms with Crippen LogP contribution in [0.3, 0.4) is 0 Å². The van der Waals surface area contributed by atoms with E-state index in [1.54, 1.807) is 12.1 Å². The zero-order valence-corrected chi connectivity index (χ0v) is 15.1. The molecule has 0 amide bonds. The predicted octanol–water partition coefficient (Wildman–Crippen LogP) is 4.37. The molecule has 0 heterocycles. The summed E-state index contributed by atoms with van der Waals surface area (Å²) in [7, 11) is 0. The van der Waals surface area contributed by atoms with E-state index in [0.29, 0.717) is 35.2 Å². The molecule has 26 heavy (non-hydrogen) atoms. The number of hydrogen-bond acceptors (Lipinski definition) is 4. The summed E-state index contributed by atoms with van der Waals surface area (Å²) < 4.78 is 11.3. The summed E-state index contributed by atoms with van der Waals surface area (Å²) in [6, 6.07) is 7.09. The monoisotopic (exact) mass is 354 g/mol. The van der Waals surface area contributed by atoms with E-state index in [1.165, 1.54) is 25.7 Å². The van der Waals surface area contributed by atoms with E-state index in [4.69, 9.17) is 9.47 Å². The molecule has 4 fully saturated rings. The Morgan fingerprint density at radius 1 is 0.654 bits per heavy atom. The normalized spacial score (nSPS) is 37.1. The molecule has 4 atom stereocenters. The lowest BCUT2D eigenvalue weighted by Crippen LogP contribution is -2.16. The smallest absolute Gasteiger partial charge is 0.315 e. The van der Waals surface area contributed by atoms with Crippen molar-refractivity contribution < 1.29 is 19.1 Å². The second kappa shape index (κ2) is 6.40. The van der Waals surface area contributed by atoms with Crippen LogP contribution in [0.2, 0.25) is 0 Å². The molecule has 138 valence electrons. The molecule has 4 aliphatic rings. The van der Waals surface area contributed by atoms with Gasteiger partial charge in [-0.1, -0.05) is 37.8 Å². The van der Waals surface area contributed by atoms with Crippen molar-refractivity contribution in [3.8, 4) is 11.5 Å². The molecular formula is C22H26O4. The van der Waals surface area contributed by atoms with Crippen LogP contribution in [0, 0.1) is 35.5 Å². The number of rotatable bonds is 4. The van der Waals surface area contributed by atoms with E-state index < -0.39 is 0 Å². The third-order valence-corrected chi connectivity index (χ3v) is 7.13. The standard InChI is InChI=1S/C22H26O4/c23-21(19-13-7-1-2-8-14(13)19)25-17-11-5-6-12-18(17)26-22(24)20-15-9-3-4-10-16(15)20/h5-6,11-16,19-20H,1-4,7-10H2/t13-,14-,15+,16+. The van der Waals surface area contributed by atoms with E-state index in [9.17, 15) is 9.59 Å². The van der Waals surface area contributed by atoms with Crippen LogP contribution in [0.4, 0.5) is 0 Å². The fourth-order valence-electron chi connectivity index (χ4n) is 5.66. The van der Waals surface area contributed by atoms with E-state index in [1.807, 2.05) is 12.1 Å². The van der Waals surface area contributed by atoms with Crippen molar-refractivity contribution >= 4 is 11.9 Å². The highest BCUT2D eigenvalue weighted by molar-refractivity contribution is 5.82. The molecule has 4 heteroatoms. The quantitative estimate of drug-likeness (QED) is 0.595. The fourth-order valence-corrected chi connectivity index (χ4v) is 5.66. The van der Waals surface area contributed by atoms with Crippen molar-refractivity contribution in [2.45, 2.75) is 51.4 Å². The summed E-state index contributed by atoms with van der Waals surface area (Å²) in [5.41, 5.74) is 0. The maximum Gasteiger partial charge on any atom is 0.315 e. The number of benzene rings is 1. The summed E-state index contributed by atoms with van der Waals surface area (Å²) in [6.07, 6.45) is 9.48. The molecule has 0 bridgehead atoms. The maximum absolute atomic E-state index is 12.6. The Kier molecular flexibility index (Phi) is 4.02. The van der Waals surface area contributed by atoms with Crippen molar-refractivity contribution in [2.24, 2.45) is 35.5 Å². The third-order valence-electron chi connectivity index (χ3n) is 7.13. The molecule has 4 saturated carbocycles. The van der Waals surface area contributed by atoms with Crippen molar-refractivity contribution in [3.63, 3.8) is 0 Å². The van der Waals surface area contributed by atoms with Gasteiger partial charge < -0.3 is 9.47 Å². The summed E-state index contributed by atoms with van der Waals surface area (Å²) in [4.78, 5) is 25.1. The molecule has 4 aliphatic carbocycles. The number of fused-ring (bicyclic) bond motifs is 2. The average Bonchev–Trinajstić information content (AvgIpc) is 3.55. The first-order chi connectivity index (χ1) is 12.7. The summed E-state index contributed by atoms with van der Waals surface area (Å²) in [5.74, 6) is 2.63. The van der Waals surface area contributed by atoms with Crippen LogP contribution in [0.1, 0.15) is 51.4 Å². The van der Waals surface area contributed by atoms with Gasteiger partial charge in [-0.05, 0) is 61.5 Å². The van der Waals surface area contributed by atoms with Gasteiger partial charge in [-0.2, -0.15) is 0 Å². The highest BCUT2D eigenvalue weighted by Gasteiger charge is 2.57. The Morgan fingerprint density at radius 3 is 1.35 bits per heavy atom. The van der Waals surface area contributed by atoms with Gasteiger partial charge in [0.1, 0.15) is 0 Å². The van der Waals surface area contributed by atoms with Gasteiger partial charge in [-0.25, -0.2) is 0 Å². The summed E-state index contributed by atoms with van der Waals surface area (Å²) >= 11 is 0. The molecule has 5 rings (SSSR count). The molecule has 0 radical (unpaired) electrons. The van der Waals surface area contributed by atoms with Crippen LogP contribution in [0.5, 0.6) is 11.5 Å². The van der Waals surface area contributed by atoms with E-state index in [-0.39, 0.29) is 23.8 Å². The molecule has 0 spiro atoms. The molecule has 0 saturated heterocycles. The number of carbonyl (C=O) groups excluding carboxylic acids is 2. The van der Waals surface area contributed by atoms with Crippen molar-refractivity contribution in [2.75, 3.05) is 0 Å². The first-order valence-electron chi connectivity index (χ1n) is 10.3. The molecule has 1 aromatic carbocycles. The highest BCUT2D eigenvalue weighted by Crippen LogP contribution is 2.57. The Bertz CT molecular complexity index is 642. The van der Waals surface area contributed by atoms with E-state index >= 15 is 0 Å². The summed E-state index contributed by atoms with van der Waals surface area (Å²) in [5, 5.41) is 0. The van der Waals surface area contributed by atoms with Crippen LogP contribution in [0.25, 0.3) is 0 Å². The second-order valence-corrected chi connectivity index (χ2v) is 8.56. The van der Waals surface area contributed by atoms with Gasteiger partial charge in [0, 0.05) is 0 Å². The third kappa shape index (κ3) is 2.83. The van der Waals surface area contributed by atoms with Crippen LogP contribution < -0.4 is 9.47 Å². The van der Waals surface area contributed by atoms with Crippen molar-refractivity contribution in [1.82, 2.24) is 0 Å². The van der Waals surface area contributed by atoms with Gasteiger partial charge in [0.2, 0.25) is 0 Å². The van der Waals surface area contributed by atoms with Gasteiger partial charge in [0.05, 0.1) is 11.8 Å². The fraction of sp³-hybridized carbons (Fsp3) is 0.636. The molecule has 0 unspecified atom stereocenters. The highest BCUT2D eigenvalue weighted by atomic mass is 16.6. The van der Waals surface area contributed by atoms with E-state index in [0.717, 1.165) is 25.7 Å². The lowest BCUT2D eigenvalue weighted by Gasteiger charge is -2.10. The van der Waals surface area contributed by atoms with Gasteiger partial charge in [0.25, 0.3) is 0 Å². The Labute approximate surface area is 154 Å². The first kappa shape index (κ1) is 16.3. The van der Waals surface area contributed by atoms with Crippen LogP contribution in [-0.2, 0) is 9.59 Å². The number of carbonyl (C=O) groups is 2. The predicted molar refractivity (Wildman–Crippen MR) is 95.6 cm³/mol. The zero-order valence-electron chi connectivity index (χ0n) is 15.1. The van der Waals surface area contributed by atoms with Gasteiger partial charge in [-0.15, -0.1) is 0 Å². The maximum atomic E-state index is 12.6. The Morgan fingerprint density at radius 2 is 1.00 bits per heavy atom. The molecular weight excluding hydrogens is 328 g/mol. The van der Waals surface area contributed by atoms with Crippen LogP contribution >= 0.6 is 0 Å². The number of para-hydroxylation sites is 2. The molecule has 4 nitrogen and oxygen atoms in total. The summed E-state index contributed by atoms with van der Waals surface area (Å²) in [6.45, 7) is 0. The second-order valence-electron chi connectivity index (χ2n) is 8.56. The number of esters is 2. The Balaban J connectivity index is 1.24. The molecule has 0 aliphatic heterocycles.